The molecule has 0 fully saturated rings. The number of thiophene rings is 1. The van der Waals surface area contributed by atoms with Crippen LogP contribution in [0.15, 0.2) is 30.3 Å². The molecule has 1 aromatic carbocycles. The Bertz CT molecular complexity index is 739. The zero-order valence-electron chi connectivity index (χ0n) is 10.3. The molecule has 0 aliphatic carbocycles. The molecular weight excluding hydrogens is 300 g/mol. The normalized spacial score (nSPS) is 10.1. The lowest BCUT2D eigenvalue weighted by Gasteiger charge is -2.05. The van der Waals surface area contributed by atoms with Gasteiger partial charge >= 0.3 is 11.0 Å². The Labute approximate surface area is 121 Å². The number of rotatable bonds is 4. The van der Waals surface area contributed by atoms with Crippen LogP contribution in [0.25, 0.3) is 0 Å². The summed E-state index contributed by atoms with van der Waals surface area (Å²) in [4.78, 5) is 32.7. The summed E-state index contributed by atoms with van der Waals surface area (Å²) >= 11 is 0.713. The number of carbonyl (C=O) groups is 2. The van der Waals surface area contributed by atoms with Crippen LogP contribution in [0.2, 0.25) is 0 Å². The van der Waals surface area contributed by atoms with Crippen molar-refractivity contribution in [3.05, 3.63) is 50.9 Å². The summed E-state index contributed by atoms with van der Waals surface area (Å²) in [5.74, 6) is -2.37. The lowest BCUT2D eigenvalue weighted by atomic mass is 10.2. The van der Waals surface area contributed by atoms with Crippen molar-refractivity contribution in [1.82, 2.24) is 0 Å². The minimum Gasteiger partial charge on any atom is -0.507 e. The Hall–Kier alpha value is -2.94. The number of carboxylic acids is 1. The zero-order chi connectivity index (χ0) is 15.6. The summed E-state index contributed by atoms with van der Waals surface area (Å²) in [6, 6.07) is 6.06. The Morgan fingerprint density at radius 1 is 1.24 bits per heavy atom. The van der Waals surface area contributed by atoms with Gasteiger partial charge in [0, 0.05) is 17.8 Å². The summed E-state index contributed by atoms with van der Waals surface area (Å²) in [7, 11) is 0. The maximum atomic E-state index is 11.9. The predicted molar refractivity (Wildman–Crippen MR) is 74.0 cm³/mol. The minimum atomic E-state index is -1.29. The van der Waals surface area contributed by atoms with Crippen molar-refractivity contribution < 1.29 is 24.7 Å². The first-order chi connectivity index (χ1) is 9.88. The van der Waals surface area contributed by atoms with E-state index in [0.717, 1.165) is 12.1 Å². The van der Waals surface area contributed by atoms with Crippen molar-refractivity contribution in [2.75, 3.05) is 5.32 Å². The van der Waals surface area contributed by atoms with Crippen LogP contribution in [0.3, 0.4) is 0 Å². The van der Waals surface area contributed by atoms with Crippen molar-refractivity contribution in [3.8, 4) is 5.75 Å². The van der Waals surface area contributed by atoms with E-state index in [1.165, 1.54) is 18.2 Å². The van der Waals surface area contributed by atoms with E-state index in [4.69, 9.17) is 5.11 Å². The van der Waals surface area contributed by atoms with Gasteiger partial charge in [0.15, 0.2) is 0 Å². The van der Waals surface area contributed by atoms with E-state index < -0.39 is 22.5 Å². The highest BCUT2D eigenvalue weighted by atomic mass is 32.1. The number of carboxylic acid groups (broad SMARTS) is 1. The fourth-order valence-electron chi connectivity index (χ4n) is 1.53. The second-order valence-electron chi connectivity index (χ2n) is 3.89. The van der Waals surface area contributed by atoms with Crippen molar-refractivity contribution in [1.29, 1.82) is 0 Å². The van der Waals surface area contributed by atoms with E-state index in [-0.39, 0.29) is 21.1 Å². The molecule has 1 heterocycles. The molecule has 0 spiro atoms. The molecule has 1 amide bonds. The molecule has 2 aromatic rings. The third kappa shape index (κ3) is 3.15. The summed E-state index contributed by atoms with van der Waals surface area (Å²) in [6.07, 6.45) is 0. The van der Waals surface area contributed by atoms with Crippen LogP contribution in [-0.4, -0.2) is 27.0 Å². The number of benzene rings is 1. The van der Waals surface area contributed by atoms with Crippen LogP contribution in [0.5, 0.6) is 5.75 Å². The monoisotopic (exact) mass is 308 g/mol. The van der Waals surface area contributed by atoms with Crippen molar-refractivity contribution in [2.45, 2.75) is 0 Å². The highest BCUT2D eigenvalue weighted by molar-refractivity contribution is 7.17. The summed E-state index contributed by atoms with van der Waals surface area (Å²) in [5.41, 5.74) is -0.113. The first kappa shape index (κ1) is 14.5. The van der Waals surface area contributed by atoms with Gasteiger partial charge in [-0.25, -0.2) is 4.79 Å². The molecule has 2 rings (SSSR count). The standard InChI is InChI=1S/C12H8N2O6S/c15-8-5-6(1-2-7(8)12(17)18)13-11(16)9-3-4-10(21-9)14(19)20/h1-5,15H,(H,13,16)(H,17,18). The first-order valence-corrected chi connectivity index (χ1v) is 6.32. The SMILES string of the molecule is O=C(Nc1ccc(C(=O)O)c(O)c1)c1ccc([N+](=O)[O-])s1. The molecule has 1 aromatic heterocycles. The number of carbonyl (C=O) groups excluding carboxylic acids is 1. The van der Waals surface area contributed by atoms with Crippen LogP contribution in [0, 0.1) is 10.1 Å². The molecule has 0 bridgehead atoms. The second-order valence-corrected chi connectivity index (χ2v) is 4.95. The molecule has 8 nitrogen and oxygen atoms in total. The number of hydrogen-bond donors (Lipinski definition) is 3. The number of nitrogens with zero attached hydrogens (tertiary/aromatic N) is 1. The Morgan fingerprint density at radius 3 is 2.48 bits per heavy atom. The molecule has 3 N–H and O–H groups in total. The quantitative estimate of drug-likeness (QED) is 0.587. The number of aromatic carboxylic acids is 1. The van der Waals surface area contributed by atoms with E-state index in [2.05, 4.69) is 5.32 Å². The summed E-state index contributed by atoms with van der Waals surface area (Å²) < 4.78 is 0. The molecule has 0 unspecified atom stereocenters. The molecule has 0 saturated heterocycles. The Kier molecular flexibility index (Phi) is 3.85. The molecule has 9 heteroatoms. The third-order valence-corrected chi connectivity index (χ3v) is 3.52. The maximum absolute atomic E-state index is 11.9. The second kappa shape index (κ2) is 5.59. The first-order valence-electron chi connectivity index (χ1n) is 5.50. The molecule has 0 radical (unpaired) electrons. The van der Waals surface area contributed by atoms with Crippen molar-refractivity contribution >= 4 is 33.9 Å². The average Bonchev–Trinajstić information content (AvgIpc) is 2.88. The van der Waals surface area contributed by atoms with Crippen molar-refractivity contribution in [2.24, 2.45) is 0 Å². The minimum absolute atomic E-state index is 0.128. The molecule has 0 atom stereocenters. The fraction of sp³-hybridized carbons (Fsp3) is 0. The smallest absolute Gasteiger partial charge is 0.339 e. The summed E-state index contributed by atoms with van der Waals surface area (Å²) in [5, 5.41) is 31.1. The Morgan fingerprint density at radius 2 is 1.95 bits per heavy atom. The highest BCUT2D eigenvalue weighted by Crippen LogP contribution is 2.26. The number of hydrogen-bond acceptors (Lipinski definition) is 6. The summed E-state index contributed by atoms with van der Waals surface area (Å²) in [6.45, 7) is 0. The number of phenols is 1. The van der Waals surface area contributed by atoms with Crippen LogP contribution in [-0.2, 0) is 0 Å². The Balaban J connectivity index is 2.17. The number of anilines is 1. The molecule has 0 saturated carbocycles. The molecule has 108 valence electrons. The van der Waals surface area contributed by atoms with Crippen LogP contribution in [0.4, 0.5) is 10.7 Å². The predicted octanol–water partition coefficient (Wildman–Crippen LogP) is 2.31. The number of nitrogens with one attached hydrogen (secondary N) is 1. The maximum Gasteiger partial charge on any atom is 0.339 e. The van der Waals surface area contributed by atoms with Gasteiger partial charge in [-0.1, -0.05) is 11.3 Å². The third-order valence-electron chi connectivity index (χ3n) is 2.48. The largest absolute Gasteiger partial charge is 0.507 e. The van der Waals surface area contributed by atoms with Gasteiger partial charge in [-0.15, -0.1) is 0 Å². The average molecular weight is 308 g/mol. The van der Waals surface area contributed by atoms with Crippen LogP contribution < -0.4 is 5.32 Å². The van der Waals surface area contributed by atoms with Gasteiger partial charge in [-0.2, -0.15) is 0 Å². The van der Waals surface area contributed by atoms with Gasteiger partial charge in [-0.3, -0.25) is 14.9 Å². The molecule has 0 aliphatic heterocycles. The number of amides is 1. The molecule has 0 aliphatic rings. The van der Waals surface area contributed by atoms with Gasteiger partial charge in [-0.05, 0) is 18.2 Å². The van der Waals surface area contributed by atoms with Crippen LogP contribution in [0.1, 0.15) is 20.0 Å². The number of nitro groups is 1. The van der Waals surface area contributed by atoms with E-state index in [0.29, 0.717) is 11.3 Å². The highest BCUT2D eigenvalue weighted by Gasteiger charge is 2.16. The molecule has 21 heavy (non-hydrogen) atoms. The van der Waals surface area contributed by atoms with E-state index in [9.17, 15) is 24.8 Å². The lowest BCUT2D eigenvalue weighted by molar-refractivity contribution is -0.380. The van der Waals surface area contributed by atoms with E-state index in [1.807, 2.05) is 0 Å². The van der Waals surface area contributed by atoms with E-state index >= 15 is 0 Å². The fourth-order valence-corrected chi connectivity index (χ4v) is 2.25. The topological polar surface area (TPSA) is 130 Å². The van der Waals surface area contributed by atoms with Crippen LogP contribution >= 0.6 is 11.3 Å². The van der Waals surface area contributed by atoms with Gasteiger partial charge in [0.2, 0.25) is 0 Å². The number of aromatic hydroxyl groups is 1. The van der Waals surface area contributed by atoms with Gasteiger partial charge in [0.25, 0.3) is 5.91 Å². The zero-order valence-corrected chi connectivity index (χ0v) is 11.1. The molecular formula is C12H8N2O6S. The van der Waals surface area contributed by atoms with E-state index in [1.54, 1.807) is 0 Å². The lowest BCUT2D eigenvalue weighted by Crippen LogP contribution is -2.10. The van der Waals surface area contributed by atoms with Gasteiger partial charge < -0.3 is 15.5 Å². The van der Waals surface area contributed by atoms with Crippen molar-refractivity contribution in [3.63, 3.8) is 0 Å². The van der Waals surface area contributed by atoms with Gasteiger partial charge in [0.1, 0.15) is 11.3 Å². The van der Waals surface area contributed by atoms with Gasteiger partial charge in [0.05, 0.1) is 9.80 Å².